The van der Waals surface area contributed by atoms with Crippen LogP contribution in [0.3, 0.4) is 0 Å². The Kier molecular flexibility index (Phi) is 2.53. The van der Waals surface area contributed by atoms with Gasteiger partial charge >= 0.3 is 12.7 Å². The second-order valence-corrected chi connectivity index (χ2v) is 2.98. The first-order valence-corrected chi connectivity index (χ1v) is 4.54. The summed E-state index contributed by atoms with van der Waals surface area (Å²) in [6.07, 6.45) is 0.374. The highest BCUT2D eigenvalue weighted by Crippen LogP contribution is 2.24. The number of aryl methyl sites for hydroxylation is 1. The fourth-order valence-corrected chi connectivity index (χ4v) is 1.40. The van der Waals surface area contributed by atoms with Crippen LogP contribution in [-0.2, 0) is 6.42 Å². The van der Waals surface area contributed by atoms with E-state index in [1.54, 1.807) is 12.1 Å². The van der Waals surface area contributed by atoms with E-state index in [1.165, 1.54) is 0 Å². The first kappa shape index (κ1) is 9.89. The number of alkyl halides is 2. The molecule has 2 rings (SSSR count). The first-order chi connectivity index (χ1) is 7.20. The van der Waals surface area contributed by atoms with Gasteiger partial charge in [-0.05, 0) is 18.1 Å². The summed E-state index contributed by atoms with van der Waals surface area (Å²) in [5.74, 6) is 0. The van der Waals surface area contributed by atoms with Crippen LogP contribution >= 0.6 is 0 Å². The third-order valence-electron chi connectivity index (χ3n) is 2.05. The minimum Gasteiger partial charge on any atom is -0.409 e. The Morgan fingerprint density at radius 2 is 2.27 bits per heavy atom. The third-order valence-corrected chi connectivity index (χ3v) is 2.05. The quantitative estimate of drug-likeness (QED) is 0.786. The Balaban J connectivity index is 2.45. The Morgan fingerprint density at radius 1 is 1.47 bits per heavy atom. The zero-order valence-corrected chi connectivity index (χ0v) is 8.04. The molecule has 1 aromatic carbocycles. The number of benzene rings is 1. The molecule has 0 saturated carbocycles. The Bertz CT molecular complexity index is 467. The molecular formula is C10H9F2NO2. The van der Waals surface area contributed by atoms with Crippen molar-refractivity contribution in [2.24, 2.45) is 0 Å². The molecule has 1 heterocycles. The molecule has 15 heavy (non-hydrogen) atoms. The predicted molar refractivity (Wildman–Crippen MR) is 50.0 cm³/mol. The topological polar surface area (TPSA) is 35.3 Å². The maximum atomic E-state index is 11.9. The Labute approximate surface area is 84.7 Å². The van der Waals surface area contributed by atoms with Gasteiger partial charge < -0.3 is 9.15 Å². The van der Waals surface area contributed by atoms with Crippen molar-refractivity contribution < 1.29 is 17.9 Å². The predicted octanol–water partition coefficient (Wildman–Crippen LogP) is 2.99. The smallest absolute Gasteiger partial charge is 0.399 e. The number of hydrogen-bond donors (Lipinski definition) is 0. The summed E-state index contributed by atoms with van der Waals surface area (Å²) in [4.78, 5) is 3.85. The molecule has 0 radical (unpaired) electrons. The molecule has 0 spiro atoms. The van der Waals surface area contributed by atoms with Gasteiger partial charge in [0.05, 0.1) is 0 Å². The summed E-state index contributed by atoms with van der Waals surface area (Å²) >= 11 is 0. The lowest BCUT2D eigenvalue weighted by atomic mass is 10.1. The molecule has 0 aliphatic rings. The normalized spacial score (nSPS) is 11.2. The fraction of sp³-hybridized carbons (Fsp3) is 0.300. The van der Waals surface area contributed by atoms with E-state index in [2.05, 4.69) is 9.72 Å². The lowest BCUT2D eigenvalue weighted by molar-refractivity contribution is -0.0664. The highest BCUT2D eigenvalue weighted by molar-refractivity contribution is 5.76. The van der Waals surface area contributed by atoms with Gasteiger partial charge in [0, 0.05) is 0 Å². The number of fused-ring (bicyclic) bond motifs is 1. The number of para-hydroxylation sites is 1. The lowest BCUT2D eigenvalue weighted by Gasteiger charge is -1.95. The van der Waals surface area contributed by atoms with Gasteiger partial charge in [-0.1, -0.05) is 19.1 Å². The molecule has 0 aliphatic heterocycles. The van der Waals surface area contributed by atoms with E-state index in [-0.39, 0.29) is 6.08 Å². The molecule has 0 amide bonds. The van der Waals surface area contributed by atoms with Gasteiger partial charge in [-0.2, -0.15) is 13.8 Å². The molecule has 0 aliphatic carbocycles. The van der Waals surface area contributed by atoms with E-state index in [9.17, 15) is 8.78 Å². The van der Waals surface area contributed by atoms with Crippen LogP contribution in [-0.4, -0.2) is 11.6 Å². The molecule has 0 fully saturated rings. The van der Waals surface area contributed by atoms with Crippen molar-refractivity contribution in [3.8, 4) is 6.08 Å². The fourth-order valence-electron chi connectivity index (χ4n) is 1.40. The van der Waals surface area contributed by atoms with Crippen molar-refractivity contribution in [1.82, 2.24) is 4.98 Å². The molecule has 2 aromatic rings. The van der Waals surface area contributed by atoms with Crippen molar-refractivity contribution >= 4 is 11.1 Å². The largest absolute Gasteiger partial charge is 0.409 e. The van der Waals surface area contributed by atoms with Crippen LogP contribution in [0.1, 0.15) is 12.5 Å². The van der Waals surface area contributed by atoms with Gasteiger partial charge in [0.2, 0.25) is 0 Å². The average molecular weight is 213 g/mol. The number of nitrogens with zero attached hydrogens (tertiary/aromatic N) is 1. The summed E-state index contributed by atoms with van der Waals surface area (Å²) in [5.41, 5.74) is 1.99. The maximum Gasteiger partial charge on any atom is 0.399 e. The number of aromatic nitrogens is 1. The van der Waals surface area contributed by atoms with E-state index in [0.717, 1.165) is 12.0 Å². The summed E-state index contributed by atoms with van der Waals surface area (Å²) in [6, 6.07) is 5.33. The Morgan fingerprint density at radius 3 is 2.93 bits per heavy atom. The van der Waals surface area contributed by atoms with Crippen molar-refractivity contribution in [1.29, 1.82) is 0 Å². The van der Waals surface area contributed by atoms with Crippen LogP contribution in [0.15, 0.2) is 22.6 Å². The third kappa shape index (κ3) is 1.91. The summed E-state index contributed by atoms with van der Waals surface area (Å²) in [6.45, 7) is -0.958. The molecule has 0 saturated heterocycles. The number of rotatable bonds is 3. The monoisotopic (exact) mass is 213 g/mol. The van der Waals surface area contributed by atoms with Gasteiger partial charge in [-0.3, -0.25) is 0 Å². The molecule has 3 nitrogen and oxygen atoms in total. The maximum absolute atomic E-state index is 11.9. The Hall–Kier alpha value is -1.65. The van der Waals surface area contributed by atoms with Crippen molar-refractivity contribution in [3.05, 3.63) is 23.8 Å². The zero-order chi connectivity index (χ0) is 10.8. The van der Waals surface area contributed by atoms with E-state index in [0.29, 0.717) is 11.1 Å². The molecule has 0 bridgehead atoms. The van der Waals surface area contributed by atoms with Gasteiger partial charge in [0.15, 0.2) is 5.58 Å². The van der Waals surface area contributed by atoms with Crippen molar-refractivity contribution in [2.45, 2.75) is 20.0 Å². The van der Waals surface area contributed by atoms with Crippen molar-refractivity contribution in [3.63, 3.8) is 0 Å². The first-order valence-electron chi connectivity index (χ1n) is 4.54. The minimum atomic E-state index is -2.91. The average Bonchev–Trinajstić information content (AvgIpc) is 2.58. The molecule has 0 atom stereocenters. The van der Waals surface area contributed by atoms with E-state index in [4.69, 9.17) is 4.42 Å². The van der Waals surface area contributed by atoms with Crippen molar-refractivity contribution in [2.75, 3.05) is 0 Å². The number of halogens is 2. The number of hydrogen-bond acceptors (Lipinski definition) is 3. The summed E-state index contributed by atoms with van der Waals surface area (Å²) in [7, 11) is 0. The van der Waals surface area contributed by atoms with E-state index in [1.807, 2.05) is 13.0 Å². The second-order valence-electron chi connectivity index (χ2n) is 2.98. The number of ether oxygens (including phenoxy) is 1. The molecule has 0 unspecified atom stereocenters. The molecule has 5 heteroatoms. The van der Waals surface area contributed by atoms with Crippen LogP contribution in [0, 0.1) is 0 Å². The van der Waals surface area contributed by atoms with Crippen LogP contribution in [0.5, 0.6) is 6.08 Å². The SMILES string of the molecule is CCc1cccc2oc(OC(F)F)nc12. The van der Waals surface area contributed by atoms with E-state index < -0.39 is 6.61 Å². The van der Waals surface area contributed by atoms with Gasteiger partial charge in [0.1, 0.15) is 5.52 Å². The molecular weight excluding hydrogens is 204 g/mol. The summed E-state index contributed by atoms with van der Waals surface area (Å²) in [5, 5.41) is 0. The number of oxazole rings is 1. The second kappa shape index (κ2) is 3.84. The standard InChI is InChI=1S/C10H9F2NO2/c1-2-6-4-3-5-7-8(6)13-10(14-7)15-9(11)12/h3-5,9H,2H2,1H3. The highest BCUT2D eigenvalue weighted by atomic mass is 19.3. The summed E-state index contributed by atoms with van der Waals surface area (Å²) < 4.78 is 32.9. The van der Waals surface area contributed by atoms with Crippen LogP contribution in [0.2, 0.25) is 0 Å². The minimum absolute atomic E-state index is 0.388. The van der Waals surface area contributed by atoms with Crippen LogP contribution in [0.4, 0.5) is 8.78 Å². The van der Waals surface area contributed by atoms with Gasteiger partial charge in [-0.15, -0.1) is 0 Å². The lowest BCUT2D eigenvalue weighted by Crippen LogP contribution is -2.01. The van der Waals surface area contributed by atoms with E-state index >= 15 is 0 Å². The molecule has 0 N–H and O–H groups in total. The molecule has 80 valence electrons. The van der Waals surface area contributed by atoms with Crippen LogP contribution in [0.25, 0.3) is 11.1 Å². The zero-order valence-electron chi connectivity index (χ0n) is 8.04. The highest BCUT2D eigenvalue weighted by Gasteiger charge is 2.13. The van der Waals surface area contributed by atoms with Crippen LogP contribution < -0.4 is 4.74 Å². The molecule has 1 aromatic heterocycles. The van der Waals surface area contributed by atoms with Gasteiger partial charge in [-0.25, -0.2) is 0 Å². The van der Waals surface area contributed by atoms with Gasteiger partial charge in [0.25, 0.3) is 0 Å².